The Morgan fingerprint density at radius 3 is 2.23 bits per heavy atom. The van der Waals surface area contributed by atoms with Crippen molar-refractivity contribution in [2.75, 3.05) is 32.7 Å². The lowest BCUT2D eigenvalue weighted by Crippen LogP contribution is -2.49. The highest BCUT2D eigenvalue weighted by Crippen LogP contribution is 2.08. The first kappa shape index (κ1) is 18.5. The van der Waals surface area contributed by atoms with Crippen LogP contribution in [0.25, 0.3) is 0 Å². The molecule has 1 fully saturated rings. The van der Waals surface area contributed by atoms with Gasteiger partial charge in [0.2, 0.25) is 5.91 Å². The molecule has 1 aromatic carbocycles. The number of carboxylic acid groups (broad SMARTS) is 1. The van der Waals surface area contributed by atoms with Crippen LogP contribution in [0, 0.1) is 6.92 Å². The molecule has 0 spiro atoms. The third kappa shape index (κ3) is 5.66. The van der Waals surface area contributed by atoms with E-state index in [0.717, 1.165) is 18.7 Å². The molecular weight excluding hydrogens is 304 g/mol. The van der Waals surface area contributed by atoms with E-state index in [9.17, 15) is 9.59 Å². The fraction of sp³-hybridized carbons (Fsp3) is 0.500. The number of rotatable bonds is 5. The number of amides is 1. The van der Waals surface area contributed by atoms with Gasteiger partial charge < -0.3 is 10.0 Å². The van der Waals surface area contributed by atoms with Crippen molar-refractivity contribution < 1.29 is 14.7 Å². The average Bonchev–Trinajstić information content (AvgIpc) is 2.48. The van der Waals surface area contributed by atoms with E-state index in [2.05, 4.69) is 4.90 Å². The van der Waals surface area contributed by atoms with E-state index >= 15 is 0 Å². The Balaban J connectivity index is 0.00000242. The Kier molecular flexibility index (Phi) is 7.35. The van der Waals surface area contributed by atoms with Crippen molar-refractivity contribution in [3.63, 3.8) is 0 Å². The molecule has 5 nitrogen and oxygen atoms in total. The van der Waals surface area contributed by atoms with Crippen LogP contribution in [-0.4, -0.2) is 59.5 Å². The Morgan fingerprint density at radius 1 is 1.09 bits per heavy atom. The minimum atomic E-state index is -0.770. The van der Waals surface area contributed by atoms with Crippen molar-refractivity contribution in [2.24, 2.45) is 0 Å². The lowest BCUT2D eigenvalue weighted by Gasteiger charge is -2.34. The number of benzene rings is 1. The van der Waals surface area contributed by atoms with Gasteiger partial charge in [-0.25, -0.2) is 0 Å². The Hall–Kier alpha value is -1.59. The summed E-state index contributed by atoms with van der Waals surface area (Å²) in [6.45, 7) is 5.48. The molecule has 22 heavy (non-hydrogen) atoms. The molecular formula is C16H23ClN2O3. The van der Waals surface area contributed by atoms with Gasteiger partial charge in [0.05, 0.1) is 12.8 Å². The second-order valence-corrected chi connectivity index (χ2v) is 5.53. The molecule has 0 saturated carbocycles. The summed E-state index contributed by atoms with van der Waals surface area (Å²) in [6.07, 6.45) is 0.604. The Morgan fingerprint density at radius 2 is 1.68 bits per heavy atom. The van der Waals surface area contributed by atoms with Crippen LogP contribution < -0.4 is 0 Å². The first-order valence-electron chi connectivity index (χ1n) is 7.32. The number of hydrogen-bond donors (Lipinski definition) is 1. The largest absolute Gasteiger partial charge is 0.481 e. The van der Waals surface area contributed by atoms with E-state index in [1.165, 1.54) is 5.56 Å². The second kappa shape index (κ2) is 8.76. The summed E-state index contributed by atoms with van der Waals surface area (Å²) in [6, 6.07) is 8.03. The third-order valence-corrected chi connectivity index (χ3v) is 3.84. The zero-order valence-corrected chi connectivity index (χ0v) is 13.6. The molecule has 0 radical (unpaired) electrons. The molecule has 0 bridgehead atoms. The predicted molar refractivity (Wildman–Crippen MR) is 87.4 cm³/mol. The molecule has 6 heteroatoms. The van der Waals surface area contributed by atoms with Gasteiger partial charge >= 0.3 is 5.97 Å². The molecule has 0 unspecified atom stereocenters. The highest BCUT2D eigenvalue weighted by atomic mass is 35.5. The number of piperazine rings is 1. The van der Waals surface area contributed by atoms with Gasteiger partial charge in [0.1, 0.15) is 0 Å². The van der Waals surface area contributed by atoms with Gasteiger partial charge in [-0.1, -0.05) is 29.8 Å². The van der Waals surface area contributed by atoms with Gasteiger partial charge in [-0.3, -0.25) is 14.5 Å². The number of aliphatic carboxylic acids is 1. The van der Waals surface area contributed by atoms with Gasteiger partial charge in [-0.05, 0) is 12.5 Å². The number of carbonyl (C=O) groups is 2. The number of halogens is 1. The Labute approximate surface area is 137 Å². The normalized spacial score (nSPS) is 15.2. The standard InChI is InChI=1S/C16H22N2O3.ClH/c1-13-2-4-14(5-3-13)12-15(19)18-10-8-17(9-11-18)7-6-16(20)21;/h2-5H,6-12H2,1H3,(H,20,21);1H. The van der Waals surface area contributed by atoms with Gasteiger partial charge in [0.25, 0.3) is 0 Å². The topological polar surface area (TPSA) is 60.9 Å². The van der Waals surface area contributed by atoms with Crippen LogP contribution in [0.1, 0.15) is 17.5 Å². The first-order chi connectivity index (χ1) is 10.0. The van der Waals surface area contributed by atoms with Crippen molar-refractivity contribution in [1.82, 2.24) is 9.80 Å². The lowest BCUT2D eigenvalue weighted by molar-refractivity contribution is -0.138. The lowest BCUT2D eigenvalue weighted by atomic mass is 10.1. The molecule has 1 N–H and O–H groups in total. The van der Waals surface area contributed by atoms with Crippen LogP contribution in [-0.2, 0) is 16.0 Å². The minimum absolute atomic E-state index is 0. The zero-order valence-electron chi connectivity index (χ0n) is 12.8. The number of aryl methyl sites for hydroxylation is 1. The van der Waals surface area contributed by atoms with Crippen LogP contribution in [0.2, 0.25) is 0 Å². The third-order valence-electron chi connectivity index (χ3n) is 3.84. The minimum Gasteiger partial charge on any atom is -0.481 e. The highest BCUT2D eigenvalue weighted by molar-refractivity contribution is 5.85. The SMILES string of the molecule is Cc1ccc(CC(=O)N2CCN(CCC(=O)O)CC2)cc1.Cl. The summed E-state index contributed by atoms with van der Waals surface area (Å²) in [5, 5.41) is 8.68. The molecule has 1 heterocycles. The molecule has 2 rings (SSSR count). The van der Waals surface area contributed by atoms with E-state index in [-0.39, 0.29) is 24.7 Å². The summed E-state index contributed by atoms with van der Waals surface area (Å²) in [7, 11) is 0. The molecule has 0 aromatic heterocycles. The van der Waals surface area contributed by atoms with Crippen molar-refractivity contribution in [3.8, 4) is 0 Å². The summed E-state index contributed by atoms with van der Waals surface area (Å²) in [5.74, 6) is -0.621. The maximum absolute atomic E-state index is 12.2. The van der Waals surface area contributed by atoms with E-state index in [0.29, 0.717) is 26.1 Å². The Bertz CT molecular complexity index is 497. The zero-order chi connectivity index (χ0) is 15.2. The summed E-state index contributed by atoms with van der Waals surface area (Å²) in [5.41, 5.74) is 2.23. The molecule has 1 aliphatic heterocycles. The first-order valence-corrected chi connectivity index (χ1v) is 7.32. The monoisotopic (exact) mass is 326 g/mol. The number of carboxylic acids is 1. The smallest absolute Gasteiger partial charge is 0.304 e. The van der Waals surface area contributed by atoms with Gasteiger partial charge in [0, 0.05) is 32.7 Å². The van der Waals surface area contributed by atoms with Crippen molar-refractivity contribution in [3.05, 3.63) is 35.4 Å². The molecule has 0 atom stereocenters. The number of nitrogens with zero attached hydrogens (tertiary/aromatic N) is 2. The quantitative estimate of drug-likeness (QED) is 0.892. The van der Waals surface area contributed by atoms with Crippen molar-refractivity contribution in [2.45, 2.75) is 19.8 Å². The van der Waals surface area contributed by atoms with Crippen LogP contribution >= 0.6 is 12.4 Å². The van der Waals surface area contributed by atoms with Crippen LogP contribution in [0.3, 0.4) is 0 Å². The second-order valence-electron chi connectivity index (χ2n) is 5.53. The van der Waals surface area contributed by atoms with Crippen LogP contribution in [0.5, 0.6) is 0 Å². The van der Waals surface area contributed by atoms with Crippen molar-refractivity contribution >= 4 is 24.3 Å². The van der Waals surface area contributed by atoms with Gasteiger partial charge in [-0.2, -0.15) is 0 Å². The maximum Gasteiger partial charge on any atom is 0.304 e. The summed E-state index contributed by atoms with van der Waals surface area (Å²) >= 11 is 0. The average molecular weight is 327 g/mol. The van der Waals surface area contributed by atoms with Crippen LogP contribution in [0.15, 0.2) is 24.3 Å². The van der Waals surface area contributed by atoms with Crippen LogP contribution in [0.4, 0.5) is 0 Å². The van der Waals surface area contributed by atoms with Crippen molar-refractivity contribution in [1.29, 1.82) is 0 Å². The molecule has 1 aromatic rings. The maximum atomic E-state index is 12.2. The number of carbonyl (C=O) groups excluding carboxylic acids is 1. The fourth-order valence-corrected chi connectivity index (χ4v) is 2.47. The predicted octanol–water partition coefficient (Wildman–Crippen LogP) is 1.58. The van der Waals surface area contributed by atoms with E-state index in [1.807, 2.05) is 36.1 Å². The fourth-order valence-electron chi connectivity index (χ4n) is 2.47. The number of hydrogen-bond acceptors (Lipinski definition) is 3. The molecule has 1 amide bonds. The van der Waals surface area contributed by atoms with E-state index in [4.69, 9.17) is 5.11 Å². The van der Waals surface area contributed by atoms with Gasteiger partial charge in [0.15, 0.2) is 0 Å². The summed E-state index contributed by atoms with van der Waals surface area (Å²) < 4.78 is 0. The summed E-state index contributed by atoms with van der Waals surface area (Å²) in [4.78, 5) is 26.8. The molecule has 1 saturated heterocycles. The highest BCUT2D eigenvalue weighted by Gasteiger charge is 2.21. The molecule has 1 aliphatic rings. The molecule has 122 valence electrons. The van der Waals surface area contributed by atoms with E-state index < -0.39 is 5.97 Å². The van der Waals surface area contributed by atoms with E-state index in [1.54, 1.807) is 0 Å². The van der Waals surface area contributed by atoms with Gasteiger partial charge in [-0.15, -0.1) is 12.4 Å². The molecule has 0 aliphatic carbocycles.